The van der Waals surface area contributed by atoms with Crippen LogP contribution in [0, 0.1) is 10.1 Å². The van der Waals surface area contributed by atoms with Crippen LogP contribution in [0.3, 0.4) is 0 Å². The minimum atomic E-state index is -1.50. The highest BCUT2D eigenvalue weighted by Gasteiger charge is 1.65. The summed E-state index contributed by atoms with van der Waals surface area (Å²) in [7, 11) is 0. The molecule has 0 bridgehead atoms. The smallest absolute Gasteiger partial charge is 0.291 e. The van der Waals surface area contributed by atoms with E-state index >= 15 is 0 Å². The van der Waals surface area contributed by atoms with E-state index in [1.807, 2.05) is 11.1 Å². The number of nitrogens with zero attached hydrogens (tertiary/aromatic N) is 1. The number of hydrogen-bond acceptors (Lipinski definition) is 6. The van der Waals surface area contributed by atoms with E-state index in [0.717, 1.165) is 0 Å². The molecule has 0 amide bonds. The van der Waals surface area contributed by atoms with Gasteiger partial charge in [-0.3, -0.25) is 11.7 Å². The van der Waals surface area contributed by atoms with Crippen molar-refractivity contribution in [2.24, 2.45) is 11.7 Å². The molecule has 0 saturated heterocycles. The van der Waals surface area contributed by atoms with Crippen molar-refractivity contribution >= 4 is 0 Å². The van der Waals surface area contributed by atoms with E-state index in [4.69, 9.17) is 15.3 Å². The van der Waals surface area contributed by atoms with E-state index in [1.165, 1.54) is 0 Å². The van der Waals surface area contributed by atoms with Gasteiger partial charge in [0.15, 0.2) is 0 Å². The molecule has 8 nitrogen and oxygen atoms in total. The zero-order valence-electron chi connectivity index (χ0n) is 3.87. The van der Waals surface area contributed by atoms with Gasteiger partial charge in [0.2, 0.25) is 0 Å². The highest BCUT2D eigenvalue weighted by molar-refractivity contribution is 3.83. The van der Waals surface area contributed by atoms with Crippen LogP contribution in [0.5, 0.6) is 0 Å². The summed E-state index contributed by atoms with van der Waals surface area (Å²) >= 11 is 0. The number of rotatable bonds is 1. The van der Waals surface area contributed by atoms with Gasteiger partial charge >= 0.3 is 0 Å². The predicted molar refractivity (Wildman–Crippen MR) is 23.4 cm³/mol. The van der Waals surface area contributed by atoms with Gasteiger partial charge < -0.3 is 5.21 Å². The Labute approximate surface area is 44.5 Å². The number of hydrogen-bond donors (Lipinski definition) is 5. The molecule has 0 saturated carbocycles. The Bertz CT molecular complexity index is 45.6. The van der Waals surface area contributed by atoms with Crippen LogP contribution in [-0.4, -0.2) is 10.3 Å². The fourth-order valence-corrected chi connectivity index (χ4v) is 0. The Kier molecular flexibility index (Phi) is 11.9. The van der Waals surface area contributed by atoms with Crippen molar-refractivity contribution in [3.63, 3.8) is 0 Å². The number of nitrogens with two attached hydrogens (primary N) is 2. The molecule has 8 heavy (non-hydrogen) atoms. The first-order valence-corrected chi connectivity index (χ1v) is 1.39. The highest BCUT2D eigenvalue weighted by atomic mass is 16.9. The summed E-state index contributed by atoms with van der Waals surface area (Å²) < 4.78 is 0. The highest BCUT2D eigenvalue weighted by Crippen LogP contribution is 1.38. The lowest BCUT2D eigenvalue weighted by Crippen LogP contribution is -2.42. The molecule has 8 heteroatoms. The second kappa shape index (κ2) is 9.40. The second-order valence-corrected chi connectivity index (χ2v) is 0.527. The molecule has 0 unspecified atom stereocenters. The molecule has 0 heterocycles. The van der Waals surface area contributed by atoms with E-state index in [-0.39, 0.29) is 0 Å². The van der Waals surface area contributed by atoms with Gasteiger partial charge in [-0.05, 0) is 0 Å². The van der Waals surface area contributed by atoms with Crippen LogP contribution in [-0.2, 0) is 0 Å². The molecule has 50 valence electrons. The lowest BCUT2D eigenvalue weighted by atomic mass is 12.4. The Morgan fingerprint density at radius 1 is 1.50 bits per heavy atom. The Morgan fingerprint density at radius 3 is 1.62 bits per heavy atom. The Balaban J connectivity index is 0. The molecule has 0 aromatic rings. The first-order valence-electron chi connectivity index (χ1n) is 1.39. The van der Waals surface area contributed by atoms with Crippen LogP contribution in [0.2, 0.25) is 0 Å². The predicted octanol–water partition coefficient (Wildman–Crippen LogP) is -2.52. The average molecular weight is 125 g/mol. The molecule has 0 spiro atoms. The maximum Gasteiger partial charge on any atom is 0.291 e. The van der Waals surface area contributed by atoms with Crippen LogP contribution < -0.4 is 22.8 Å². The number of nitrogens with one attached hydrogen (secondary N) is 2. The SMILES string of the molecule is NNNN.O=[N+]([O-])O. The van der Waals surface area contributed by atoms with Gasteiger partial charge in [0, 0.05) is 0 Å². The van der Waals surface area contributed by atoms with Crippen molar-refractivity contribution in [3.05, 3.63) is 10.1 Å². The largest absolute Gasteiger partial charge is 0.328 e. The van der Waals surface area contributed by atoms with Crippen LogP contribution in [0.25, 0.3) is 0 Å². The summed E-state index contributed by atoms with van der Waals surface area (Å²) in [6.45, 7) is 0. The van der Waals surface area contributed by atoms with Gasteiger partial charge in [-0.1, -0.05) is 0 Å². The molecule has 7 N–H and O–H groups in total. The maximum atomic E-state index is 8.36. The maximum absolute atomic E-state index is 8.36. The fourth-order valence-electron chi connectivity index (χ4n) is 0. The third-order valence-electron chi connectivity index (χ3n) is 0.0833. The minimum absolute atomic E-state index is 1.50. The second-order valence-electron chi connectivity index (χ2n) is 0.527. The third-order valence-corrected chi connectivity index (χ3v) is 0.0833. The lowest BCUT2D eigenvalue weighted by Gasteiger charge is -1.82. The standard InChI is InChI=1S/H6N4.HNO3/c1-3-4-2;2-1(3)4/h3-4H,1-2H2;(H,2,3,4). The topological polar surface area (TPSA) is 139 Å². The molecule has 0 aliphatic heterocycles. The third kappa shape index (κ3) is 51400. The first-order chi connectivity index (χ1) is 3.65. The zero-order valence-corrected chi connectivity index (χ0v) is 3.87. The summed E-state index contributed by atoms with van der Waals surface area (Å²) in [5, 5.41) is 13.6. The van der Waals surface area contributed by atoms with Crippen molar-refractivity contribution in [3.8, 4) is 0 Å². The first kappa shape index (κ1) is 10.1. The zero-order chi connectivity index (χ0) is 6.99. The van der Waals surface area contributed by atoms with Crippen molar-refractivity contribution in [1.29, 1.82) is 0 Å². The molecule has 0 aliphatic rings. The Hall–Kier alpha value is -0.960. The van der Waals surface area contributed by atoms with Crippen molar-refractivity contribution in [1.82, 2.24) is 11.1 Å². The monoisotopic (exact) mass is 125 g/mol. The van der Waals surface area contributed by atoms with Gasteiger partial charge in [0.25, 0.3) is 5.09 Å². The molecule has 0 radical (unpaired) electrons. The van der Waals surface area contributed by atoms with Crippen molar-refractivity contribution in [2.75, 3.05) is 0 Å². The summed E-state index contributed by atoms with van der Waals surface area (Å²) in [6.07, 6.45) is 0. The quantitative estimate of drug-likeness (QED) is 0.148. The van der Waals surface area contributed by atoms with E-state index in [0.29, 0.717) is 0 Å². The van der Waals surface area contributed by atoms with Crippen molar-refractivity contribution in [2.45, 2.75) is 0 Å². The van der Waals surface area contributed by atoms with Gasteiger partial charge in [0.05, 0.1) is 0 Å². The summed E-state index contributed by atoms with van der Waals surface area (Å²) in [4.78, 5) is 8.36. The van der Waals surface area contributed by atoms with Crippen LogP contribution in [0.15, 0.2) is 0 Å². The van der Waals surface area contributed by atoms with E-state index in [2.05, 4.69) is 11.7 Å². The summed E-state index contributed by atoms with van der Waals surface area (Å²) in [5.41, 5.74) is 3.92. The minimum Gasteiger partial charge on any atom is -0.328 e. The molecule has 0 aromatic carbocycles. The van der Waals surface area contributed by atoms with Crippen molar-refractivity contribution < 1.29 is 10.3 Å². The normalized spacial score (nSPS) is 6.75. The molecule has 0 aliphatic carbocycles. The molecule has 0 atom stereocenters. The molecular weight excluding hydrogens is 118 g/mol. The molecule has 0 aromatic heterocycles. The fraction of sp³-hybridized carbons (Fsp3) is 0. The van der Waals surface area contributed by atoms with Crippen LogP contribution in [0.1, 0.15) is 0 Å². The molecule has 0 rings (SSSR count). The Morgan fingerprint density at radius 2 is 1.62 bits per heavy atom. The van der Waals surface area contributed by atoms with E-state index in [9.17, 15) is 0 Å². The lowest BCUT2D eigenvalue weighted by molar-refractivity contribution is -0.742. The molecule has 0 fully saturated rings. The van der Waals surface area contributed by atoms with E-state index in [1.54, 1.807) is 0 Å². The van der Waals surface area contributed by atoms with Gasteiger partial charge in [-0.25, -0.2) is 0 Å². The van der Waals surface area contributed by atoms with Gasteiger partial charge in [-0.2, -0.15) is 11.1 Å². The van der Waals surface area contributed by atoms with Gasteiger partial charge in [-0.15, -0.1) is 10.1 Å². The molecular formula is H7N5O3. The van der Waals surface area contributed by atoms with Crippen LogP contribution >= 0.6 is 0 Å². The van der Waals surface area contributed by atoms with Gasteiger partial charge in [0.1, 0.15) is 0 Å². The van der Waals surface area contributed by atoms with E-state index < -0.39 is 5.09 Å². The summed E-state index contributed by atoms with van der Waals surface area (Å²) in [6, 6.07) is 0. The average Bonchev–Trinajstić information content (AvgIpc) is 1.65. The van der Waals surface area contributed by atoms with Crippen LogP contribution in [0.4, 0.5) is 0 Å². The summed E-state index contributed by atoms with van der Waals surface area (Å²) in [5.74, 6) is 9.08. The number of hydrazine groups is 3.